The quantitative estimate of drug-likeness (QED) is 0.348. The molecule has 0 spiro atoms. The third-order valence-electron chi connectivity index (χ3n) is 6.25. The lowest BCUT2D eigenvalue weighted by molar-refractivity contribution is -0.198. The van der Waals surface area contributed by atoms with Gasteiger partial charge in [0.15, 0.2) is 6.29 Å². The molecule has 0 bridgehead atoms. The lowest BCUT2D eigenvalue weighted by atomic mass is 9.88. The van der Waals surface area contributed by atoms with Gasteiger partial charge < -0.3 is 28.8 Å². The Kier molecular flexibility index (Phi) is 11.4. The zero-order valence-electron chi connectivity index (χ0n) is 19.5. The van der Waals surface area contributed by atoms with Gasteiger partial charge in [-0.1, -0.05) is 0 Å². The van der Waals surface area contributed by atoms with E-state index in [1.165, 1.54) is 21.0 Å². The molecular weight excluding hydrogens is 420 g/mol. The first-order valence-corrected chi connectivity index (χ1v) is 11.6. The van der Waals surface area contributed by atoms with E-state index in [1.807, 2.05) is 0 Å². The minimum Gasteiger partial charge on any atom is -0.469 e. The molecule has 0 aromatic carbocycles. The Labute approximate surface area is 190 Å². The van der Waals surface area contributed by atoms with E-state index in [-0.39, 0.29) is 67.4 Å². The summed E-state index contributed by atoms with van der Waals surface area (Å²) < 4.78 is 27.5. The van der Waals surface area contributed by atoms with Crippen LogP contribution in [0.15, 0.2) is 0 Å². The van der Waals surface area contributed by atoms with E-state index in [4.69, 9.17) is 18.9 Å². The van der Waals surface area contributed by atoms with Crippen molar-refractivity contribution in [3.63, 3.8) is 0 Å². The average Bonchev–Trinajstić information content (AvgIpc) is 3.06. The topological polar surface area (TPSA) is 118 Å². The molecule has 1 aliphatic carbocycles. The Bertz CT molecular complexity index is 602. The SMILES string of the molecule is COC(=O)CCCC(CCC1C(OC(C)=O)CC(OC2CCCCO2)C1CO)OC(C)=O. The second kappa shape index (κ2) is 13.7. The van der Waals surface area contributed by atoms with Crippen molar-refractivity contribution in [2.75, 3.05) is 20.3 Å². The molecule has 9 heteroatoms. The second-order valence-electron chi connectivity index (χ2n) is 8.64. The van der Waals surface area contributed by atoms with E-state index >= 15 is 0 Å². The van der Waals surface area contributed by atoms with Crippen molar-refractivity contribution >= 4 is 17.9 Å². The molecule has 1 N–H and O–H groups in total. The normalized spacial score (nSPS) is 28.7. The van der Waals surface area contributed by atoms with E-state index < -0.39 is 0 Å². The predicted molar refractivity (Wildman–Crippen MR) is 113 cm³/mol. The van der Waals surface area contributed by atoms with Gasteiger partial charge in [-0.2, -0.15) is 0 Å². The Morgan fingerprint density at radius 3 is 2.44 bits per heavy atom. The van der Waals surface area contributed by atoms with Crippen LogP contribution in [0.4, 0.5) is 0 Å². The monoisotopic (exact) mass is 458 g/mol. The van der Waals surface area contributed by atoms with Gasteiger partial charge >= 0.3 is 17.9 Å². The summed E-state index contributed by atoms with van der Waals surface area (Å²) in [6.07, 6.45) is 4.48. The maximum absolute atomic E-state index is 11.7. The van der Waals surface area contributed by atoms with Gasteiger partial charge in [-0.25, -0.2) is 0 Å². The number of carbonyl (C=O) groups is 3. The van der Waals surface area contributed by atoms with Crippen molar-refractivity contribution in [3.05, 3.63) is 0 Å². The first kappa shape index (κ1) is 26.5. The summed E-state index contributed by atoms with van der Waals surface area (Å²) in [5, 5.41) is 10.1. The van der Waals surface area contributed by atoms with Gasteiger partial charge in [-0.3, -0.25) is 14.4 Å². The number of hydrogen-bond donors (Lipinski definition) is 1. The van der Waals surface area contributed by atoms with Crippen LogP contribution in [0.1, 0.15) is 71.6 Å². The molecule has 1 heterocycles. The fraction of sp³-hybridized carbons (Fsp3) is 0.870. The molecule has 1 aliphatic heterocycles. The Balaban J connectivity index is 2.01. The highest BCUT2D eigenvalue weighted by molar-refractivity contribution is 5.69. The molecule has 9 nitrogen and oxygen atoms in total. The summed E-state index contributed by atoms with van der Waals surface area (Å²) in [6, 6.07) is 0. The molecule has 0 radical (unpaired) electrons. The van der Waals surface area contributed by atoms with Crippen molar-refractivity contribution in [3.8, 4) is 0 Å². The molecule has 0 aromatic heterocycles. The number of aliphatic hydroxyl groups excluding tert-OH is 1. The van der Waals surface area contributed by atoms with Gasteiger partial charge in [-0.15, -0.1) is 0 Å². The molecule has 1 saturated carbocycles. The van der Waals surface area contributed by atoms with Crippen LogP contribution in [0.2, 0.25) is 0 Å². The van der Waals surface area contributed by atoms with Gasteiger partial charge in [0.2, 0.25) is 0 Å². The highest BCUT2D eigenvalue weighted by Gasteiger charge is 2.46. The first-order chi connectivity index (χ1) is 15.3. The Morgan fingerprint density at radius 2 is 1.84 bits per heavy atom. The van der Waals surface area contributed by atoms with Gasteiger partial charge in [0.1, 0.15) is 12.2 Å². The summed E-state index contributed by atoms with van der Waals surface area (Å²) >= 11 is 0. The Morgan fingerprint density at radius 1 is 1.06 bits per heavy atom. The number of methoxy groups -OCH3 is 1. The van der Waals surface area contributed by atoms with Crippen molar-refractivity contribution < 1.29 is 43.2 Å². The number of aliphatic hydroxyl groups is 1. The maximum Gasteiger partial charge on any atom is 0.305 e. The molecule has 2 fully saturated rings. The molecule has 1 saturated heterocycles. The Hall–Kier alpha value is -1.71. The molecule has 0 aromatic rings. The average molecular weight is 459 g/mol. The van der Waals surface area contributed by atoms with E-state index in [0.717, 1.165) is 19.3 Å². The lowest BCUT2D eigenvalue weighted by Gasteiger charge is -2.30. The third kappa shape index (κ3) is 8.67. The summed E-state index contributed by atoms with van der Waals surface area (Å²) in [5.74, 6) is -1.40. The number of esters is 3. The van der Waals surface area contributed by atoms with Crippen molar-refractivity contribution in [2.24, 2.45) is 11.8 Å². The van der Waals surface area contributed by atoms with Crippen molar-refractivity contribution in [1.82, 2.24) is 0 Å². The highest BCUT2D eigenvalue weighted by Crippen LogP contribution is 2.41. The second-order valence-corrected chi connectivity index (χ2v) is 8.64. The van der Waals surface area contributed by atoms with Crippen LogP contribution >= 0.6 is 0 Å². The largest absolute Gasteiger partial charge is 0.469 e. The van der Waals surface area contributed by atoms with E-state index in [9.17, 15) is 19.5 Å². The van der Waals surface area contributed by atoms with Crippen molar-refractivity contribution in [1.29, 1.82) is 0 Å². The van der Waals surface area contributed by atoms with Gasteiger partial charge in [0.05, 0.1) is 13.2 Å². The van der Waals surface area contributed by atoms with E-state index in [2.05, 4.69) is 4.74 Å². The minimum atomic E-state index is -0.384. The van der Waals surface area contributed by atoms with Crippen LogP contribution in [0, 0.1) is 11.8 Å². The first-order valence-electron chi connectivity index (χ1n) is 11.6. The fourth-order valence-corrected chi connectivity index (χ4v) is 4.75. The molecular formula is C23H38O9. The molecule has 184 valence electrons. The predicted octanol–water partition coefficient (Wildman–Crippen LogP) is 2.51. The van der Waals surface area contributed by atoms with E-state index in [1.54, 1.807) is 0 Å². The zero-order chi connectivity index (χ0) is 23.5. The molecule has 6 unspecified atom stereocenters. The summed E-state index contributed by atoms with van der Waals surface area (Å²) in [6.45, 7) is 3.29. The molecule has 0 amide bonds. The van der Waals surface area contributed by atoms with Crippen LogP contribution in [0.5, 0.6) is 0 Å². The smallest absolute Gasteiger partial charge is 0.305 e. The molecule has 32 heavy (non-hydrogen) atoms. The van der Waals surface area contributed by atoms with Crippen LogP contribution in [0.3, 0.4) is 0 Å². The summed E-state index contributed by atoms with van der Waals surface area (Å²) in [5.41, 5.74) is 0. The lowest BCUT2D eigenvalue weighted by Crippen LogP contribution is -2.33. The van der Waals surface area contributed by atoms with Crippen LogP contribution in [-0.2, 0) is 38.1 Å². The highest BCUT2D eigenvalue weighted by atomic mass is 16.7. The third-order valence-corrected chi connectivity index (χ3v) is 6.25. The van der Waals surface area contributed by atoms with Crippen molar-refractivity contribution in [2.45, 2.75) is 96.2 Å². The molecule has 6 atom stereocenters. The standard InChI is InChI=1S/C23H38O9/c1-15(25)30-17(7-6-8-22(27)28-3)10-11-18-19(14-24)21(13-20(18)31-16(2)26)32-23-9-4-5-12-29-23/h17-21,23-24H,4-14H2,1-3H3. The molecule has 2 aliphatic rings. The molecule has 2 rings (SSSR count). The van der Waals surface area contributed by atoms with Gasteiger partial charge in [-0.05, 0) is 44.9 Å². The number of hydrogen-bond acceptors (Lipinski definition) is 9. The minimum absolute atomic E-state index is 0.0968. The fourth-order valence-electron chi connectivity index (χ4n) is 4.75. The summed E-state index contributed by atoms with van der Waals surface area (Å²) in [4.78, 5) is 34.6. The van der Waals surface area contributed by atoms with E-state index in [0.29, 0.717) is 38.7 Å². The van der Waals surface area contributed by atoms with Gasteiger partial charge in [0, 0.05) is 51.7 Å². The zero-order valence-corrected chi connectivity index (χ0v) is 19.5. The summed E-state index contributed by atoms with van der Waals surface area (Å²) in [7, 11) is 1.34. The maximum atomic E-state index is 11.7. The number of rotatable bonds is 12. The van der Waals surface area contributed by atoms with Crippen LogP contribution in [0.25, 0.3) is 0 Å². The van der Waals surface area contributed by atoms with Gasteiger partial charge in [0.25, 0.3) is 0 Å². The van der Waals surface area contributed by atoms with Crippen LogP contribution < -0.4 is 0 Å². The number of ether oxygens (including phenoxy) is 5. The number of carbonyl (C=O) groups excluding carboxylic acids is 3. The van der Waals surface area contributed by atoms with Crippen LogP contribution in [-0.4, -0.2) is 67.9 Å².